The van der Waals surface area contributed by atoms with Crippen LogP contribution in [0.5, 0.6) is 0 Å². The van der Waals surface area contributed by atoms with E-state index in [1.165, 1.54) is 0 Å². The summed E-state index contributed by atoms with van der Waals surface area (Å²) in [5, 5.41) is 0. The maximum Gasteiger partial charge on any atom is 0.254 e. The highest BCUT2D eigenvalue weighted by Crippen LogP contribution is 2.16. The van der Waals surface area contributed by atoms with Crippen molar-refractivity contribution < 1.29 is 9.53 Å². The van der Waals surface area contributed by atoms with Crippen LogP contribution in [0, 0.1) is 0 Å². The zero-order valence-corrected chi connectivity index (χ0v) is 10.8. The van der Waals surface area contributed by atoms with Crippen LogP contribution < -0.4 is 5.73 Å². The van der Waals surface area contributed by atoms with Crippen LogP contribution in [0.2, 0.25) is 0 Å². The maximum absolute atomic E-state index is 12.4. The lowest BCUT2D eigenvalue weighted by atomic mass is 10.0. The molecule has 1 aliphatic rings. The summed E-state index contributed by atoms with van der Waals surface area (Å²) in [6, 6.07) is 7.86. The molecular formula is C14H20N2O2. The first-order valence-electron chi connectivity index (χ1n) is 6.34. The molecule has 1 fully saturated rings. The third-order valence-electron chi connectivity index (χ3n) is 3.37. The minimum Gasteiger partial charge on any atom is -0.380 e. The smallest absolute Gasteiger partial charge is 0.254 e. The van der Waals surface area contributed by atoms with Crippen LogP contribution in [0.25, 0.3) is 0 Å². The fourth-order valence-electron chi connectivity index (χ4n) is 2.28. The zero-order chi connectivity index (χ0) is 13.0. The first-order valence-corrected chi connectivity index (χ1v) is 6.34. The van der Waals surface area contributed by atoms with Crippen molar-refractivity contribution in [3.63, 3.8) is 0 Å². The Morgan fingerprint density at radius 1 is 1.39 bits per heavy atom. The second kappa shape index (κ2) is 5.98. The second-order valence-electron chi connectivity index (χ2n) is 4.72. The fraction of sp³-hybridized carbons (Fsp3) is 0.500. The summed E-state index contributed by atoms with van der Waals surface area (Å²) in [6.45, 7) is 1.97. The number of hydrogen-bond acceptors (Lipinski definition) is 3. The number of piperidine rings is 1. The number of carbonyl (C=O) groups excluding carboxylic acids is 1. The predicted octanol–water partition coefficient (Wildman–Crippen LogP) is 1.40. The highest BCUT2D eigenvalue weighted by atomic mass is 16.5. The molecule has 0 spiro atoms. The molecule has 0 radical (unpaired) electrons. The number of benzene rings is 1. The third-order valence-corrected chi connectivity index (χ3v) is 3.37. The molecule has 1 aromatic rings. The molecule has 0 aliphatic carbocycles. The van der Waals surface area contributed by atoms with Crippen molar-refractivity contribution in [2.75, 3.05) is 20.2 Å². The van der Waals surface area contributed by atoms with Crippen molar-refractivity contribution in [2.45, 2.75) is 25.5 Å². The summed E-state index contributed by atoms with van der Waals surface area (Å²) >= 11 is 0. The van der Waals surface area contributed by atoms with Crippen LogP contribution in [0.3, 0.4) is 0 Å². The number of methoxy groups -OCH3 is 1. The van der Waals surface area contributed by atoms with Gasteiger partial charge in [-0.15, -0.1) is 0 Å². The monoisotopic (exact) mass is 248 g/mol. The van der Waals surface area contributed by atoms with Gasteiger partial charge >= 0.3 is 0 Å². The van der Waals surface area contributed by atoms with E-state index in [9.17, 15) is 4.79 Å². The molecule has 1 aromatic carbocycles. The fourth-order valence-corrected chi connectivity index (χ4v) is 2.28. The lowest BCUT2D eigenvalue weighted by Crippen LogP contribution is -2.43. The van der Waals surface area contributed by atoms with E-state index in [1.54, 1.807) is 7.11 Å². The summed E-state index contributed by atoms with van der Waals surface area (Å²) in [6.07, 6.45) is 1.77. The predicted molar refractivity (Wildman–Crippen MR) is 70.3 cm³/mol. The van der Waals surface area contributed by atoms with E-state index in [0.717, 1.165) is 37.1 Å². The van der Waals surface area contributed by atoms with Crippen molar-refractivity contribution >= 4 is 5.91 Å². The average molecular weight is 248 g/mol. The van der Waals surface area contributed by atoms with Gasteiger partial charge < -0.3 is 15.4 Å². The molecule has 2 N–H and O–H groups in total. The van der Waals surface area contributed by atoms with Crippen molar-refractivity contribution in [2.24, 2.45) is 5.73 Å². The Labute approximate surface area is 108 Å². The molecular weight excluding hydrogens is 228 g/mol. The molecule has 1 heterocycles. The number of amides is 1. The highest BCUT2D eigenvalue weighted by molar-refractivity contribution is 5.95. The van der Waals surface area contributed by atoms with Crippen LogP contribution in [0.4, 0.5) is 0 Å². The van der Waals surface area contributed by atoms with E-state index < -0.39 is 0 Å². The number of nitrogens with zero attached hydrogens (tertiary/aromatic N) is 1. The Hall–Kier alpha value is -1.39. The Balaban J connectivity index is 2.13. The van der Waals surface area contributed by atoms with Crippen molar-refractivity contribution in [3.8, 4) is 0 Å². The molecule has 0 saturated carbocycles. The van der Waals surface area contributed by atoms with Gasteiger partial charge in [-0.3, -0.25) is 4.79 Å². The van der Waals surface area contributed by atoms with Gasteiger partial charge in [-0.25, -0.2) is 0 Å². The molecule has 0 bridgehead atoms. The summed E-state index contributed by atoms with van der Waals surface area (Å²) in [4.78, 5) is 14.3. The Morgan fingerprint density at radius 2 is 2.06 bits per heavy atom. The van der Waals surface area contributed by atoms with Gasteiger partial charge in [0.25, 0.3) is 5.91 Å². The van der Waals surface area contributed by atoms with Gasteiger partial charge in [-0.1, -0.05) is 18.2 Å². The number of carbonyl (C=O) groups is 1. The summed E-state index contributed by atoms with van der Waals surface area (Å²) in [5.41, 5.74) is 7.54. The van der Waals surface area contributed by atoms with Crippen LogP contribution >= 0.6 is 0 Å². The third kappa shape index (κ3) is 2.89. The van der Waals surface area contributed by atoms with E-state index in [4.69, 9.17) is 10.5 Å². The molecule has 0 aromatic heterocycles. The van der Waals surface area contributed by atoms with Crippen LogP contribution in [-0.2, 0) is 11.3 Å². The zero-order valence-electron chi connectivity index (χ0n) is 10.8. The van der Waals surface area contributed by atoms with Gasteiger partial charge in [0.15, 0.2) is 0 Å². The average Bonchev–Trinajstić information content (AvgIpc) is 2.40. The van der Waals surface area contributed by atoms with Crippen LogP contribution in [-0.4, -0.2) is 37.0 Å². The molecule has 0 unspecified atom stereocenters. The van der Waals surface area contributed by atoms with Crippen molar-refractivity contribution in [3.05, 3.63) is 35.4 Å². The molecule has 4 heteroatoms. The normalized spacial score (nSPS) is 16.9. The van der Waals surface area contributed by atoms with Gasteiger partial charge in [0.2, 0.25) is 0 Å². The van der Waals surface area contributed by atoms with E-state index in [2.05, 4.69) is 0 Å². The second-order valence-corrected chi connectivity index (χ2v) is 4.72. The standard InChI is InChI=1S/C14H20N2O2/c1-18-10-11-4-2-3-5-13(11)14(17)16-8-6-12(15)7-9-16/h2-5,12H,6-10,15H2,1H3. The van der Waals surface area contributed by atoms with Crippen LogP contribution in [0.1, 0.15) is 28.8 Å². The van der Waals surface area contributed by atoms with Crippen molar-refractivity contribution in [1.29, 1.82) is 0 Å². The first-order chi connectivity index (χ1) is 8.72. The lowest BCUT2D eigenvalue weighted by molar-refractivity contribution is 0.0710. The largest absolute Gasteiger partial charge is 0.380 e. The van der Waals surface area contributed by atoms with Crippen LogP contribution in [0.15, 0.2) is 24.3 Å². The SMILES string of the molecule is COCc1ccccc1C(=O)N1CCC(N)CC1. The molecule has 1 amide bonds. The highest BCUT2D eigenvalue weighted by Gasteiger charge is 2.22. The van der Waals surface area contributed by atoms with Gasteiger partial charge in [0, 0.05) is 31.8 Å². The lowest BCUT2D eigenvalue weighted by Gasteiger charge is -2.30. The minimum atomic E-state index is 0.0922. The number of hydrogen-bond donors (Lipinski definition) is 1. The molecule has 4 nitrogen and oxygen atoms in total. The van der Waals surface area contributed by atoms with E-state index in [-0.39, 0.29) is 11.9 Å². The van der Waals surface area contributed by atoms with E-state index in [0.29, 0.717) is 6.61 Å². The molecule has 98 valence electrons. The summed E-state index contributed by atoms with van der Waals surface area (Å²) in [7, 11) is 1.64. The molecule has 0 atom stereocenters. The number of rotatable bonds is 3. The number of nitrogens with two attached hydrogens (primary N) is 1. The van der Waals surface area contributed by atoms with E-state index >= 15 is 0 Å². The molecule has 2 rings (SSSR count). The Kier molecular flexibility index (Phi) is 4.33. The van der Waals surface area contributed by atoms with Gasteiger partial charge in [0.05, 0.1) is 6.61 Å². The maximum atomic E-state index is 12.4. The topological polar surface area (TPSA) is 55.6 Å². The number of likely N-dealkylation sites (tertiary alicyclic amines) is 1. The summed E-state index contributed by atoms with van der Waals surface area (Å²) in [5.74, 6) is 0.0922. The summed E-state index contributed by atoms with van der Waals surface area (Å²) < 4.78 is 5.13. The van der Waals surface area contributed by atoms with Gasteiger partial charge in [-0.2, -0.15) is 0 Å². The van der Waals surface area contributed by atoms with Crippen molar-refractivity contribution in [1.82, 2.24) is 4.90 Å². The minimum absolute atomic E-state index is 0.0922. The number of ether oxygens (including phenoxy) is 1. The molecule has 18 heavy (non-hydrogen) atoms. The van der Waals surface area contributed by atoms with Gasteiger partial charge in [0.1, 0.15) is 0 Å². The molecule has 1 saturated heterocycles. The van der Waals surface area contributed by atoms with Gasteiger partial charge in [-0.05, 0) is 24.5 Å². The van der Waals surface area contributed by atoms with E-state index in [1.807, 2.05) is 29.2 Å². The molecule has 1 aliphatic heterocycles. The first kappa shape index (κ1) is 13.1. The Bertz CT molecular complexity index is 412. The Morgan fingerprint density at radius 3 is 2.72 bits per heavy atom. The quantitative estimate of drug-likeness (QED) is 0.879.